The first-order valence-electron chi connectivity index (χ1n) is 4.74. The van der Waals surface area contributed by atoms with Crippen LogP contribution in [0.15, 0.2) is 12.7 Å². The van der Waals surface area contributed by atoms with Crippen LogP contribution in [0.4, 0.5) is 0 Å². The molecule has 1 aliphatic rings. The molecule has 0 bridgehead atoms. The summed E-state index contributed by atoms with van der Waals surface area (Å²) in [5, 5.41) is 9.45. The van der Waals surface area contributed by atoms with Crippen LogP contribution in [0, 0.1) is 5.92 Å². The van der Waals surface area contributed by atoms with Crippen molar-refractivity contribution >= 4 is 10.0 Å². The molecule has 0 radical (unpaired) electrons. The highest BCUT2D eigenvalue weighted by Gasteiger charge is 2.30. The van der Waals surface area contributed by atoms with E-state index in [0.29, 0.717) is 19.5 Å². The summed E-state index contributed by atoms with van der Waals surface area (Å²) in [5.74, 6) is -0.00106. The molecule has 0 aromatic heterocycles. The van der Waals surface area contributed by atoms with E-state index >= 15 is 0 Å². The van der Waals surface area contributed by atoms with Gasteiger partial charge in [-0.25, -0.2) is 12.7 Å². The summed E-state index contributed by atoms with van der Waals surface area (Å²) in [4.78, 5) is 0. The fraction of sp³-hybridized carbons (Fsp3) is 0.778. The summed E-state index contributed by atoms with van der Waals surface area (Å²) in [6.45, 7) is 6.11. The molecular formula is C9H17NO3S. The molecule has 0 saturated carbocycles. The lowest BCUT2D eigenvalue weighted by molar-refractivity contribution is 0.0630. The number of sulfonamides is 1. The Bertz CT molecular complexity index is 299. The van der Waals surface area contributed by atoms with Crippen molar-refractivity contribution in [3.05, 3.63) is 12.7 Å². The van der Waals surface area contributed by atoms with E-state index in [1.54, 1.807) is 0 Å². The molecule has 14 heavy (non-hydrogen) atoms. The molecule has 1 heterocycles. The molecule has 1 saturated heterocycles. The second-order valence-electron chi connectivity index (χ2n) is 3.76. The van der Waals surface area contributed by atoms with Crippen LogP contribution in [0.25, 0.3) is 0 Å². The number of aliphatic hydroxyl groups excluding tert-OH is 1. The Labute approximate surface area is 85.3 Å². The largest absolute Gasteiger partial charge is 0.393 e. The van der Waals surface area contributed by atoms with E-state index in [9.17, 15) is 13.5 Å². The highest BCUT2D eigenvalue weighted by atomic mass is 32.2. The van der Waals surface area contributed by atoms with Gasteiger partial charge in [-0.3, -0.25) is 0 Å². The van der Waals surface area contributed by atoms with Crippen LogP contribution >= 0.6 is 0 Å². The minimum absolute atomic E-state index is 0.0170. The third-order valence-electron chi connectivity index (χ3n) is 2.54. The zero-order valence-corrected chi connectivity index (χ0v) is 9.20. The van der Waals surface area contributed by atoms with Gasteiger partial charge in [0.05, 0.1) is 11.9 Å². The van der Waals surface area contributed by atoms with E-state index in [-0.39, 0.29) is 17.8 Å². The van der Waals surface area contributed by atoms with Crippen LogP contribution in [0.1, 0.15) is 13.3 Å². The van der Waals surface area contributed by atoms with Gasteiger partial charge in [0.25, 0.3) is 0 Å². The van der Waals surface area contributed by atoms with Crippen molar-refractivity contribution in [3.8, 4) is 0 Å². The topological polar surface area (TPSA) is 57.6 Å². The van der Waals surface area contributed by atoms with E-state index in [4.69, 9.17) is 0 Å². The van der Waals surface area contributed by atoms with E-state index in [1.165, 1.54) is 10.4 Å². The number of nitrogens with zero attached hydrogens (tertiary/aromatic N) is 1. The maximum Gasteiger partial charge on any atom is 0.217 e. The predicted molar refractivity (Wildman–Crippen MR) is 55.3 cm³/mol. The smallest absolute Gasteiger partial charge is 0.217 e. The van der Waals surface area contributed by atoms with Crippen LogP contribution in [0.5, 0.6) is 0 Å². The summed E-state index contributed by atoms with van der Waals surface area (Å²) in [5.41, 5.74) is 0. The Morgan fingerprint density at radius 1 is 1.64 bits per heavy atom. The molecule has 0 aromatic rings. The monoisotopic (exact) mass is 219 g/mol. The first kappa shape index (κ1) is 11.7. The molecule has 2 unspecified atom stereocenters. The molecule has 0 spiro atoms. The van der Waals surface area contributed by atoms with Crippen LogP contribution in [-0.4, -0.2) is 42.8 Å². The van der Waals surface area contributed by atoms with E-state index in [1.807, 2.05) is 6.92 Å². The first-order chi connectivity index (χ1) is 6.47. The number of piperidine rings is 1. The van der Waals surface area contributed by atoms with Gasteiger partial charge < -0.3 is 5.11 Å². The lowest BCUT2D eigenvalue weighted by Crippen LogP contribution is -2.45. The maximum atomic E-state index is 11.6. The molecule has 0 amide bonds. The van der Waals surface area contributed by atoms with Crippen molar-refractivity contribution in [3.63, 3.8) is 0 Å². The van der Waals surface area contributed by atoms with E-state index in [0.717, 1.165) is 0 Å². The number of hydrogen-bond acceptors (Lipinski definition) is 3. The molecule has 0 aromatic carbocycles. The summed E-state index contributed by atoms with van der Waals surface area (Å²) in [7, 11) is -3.19. The fourth-order valence-electron chi connectivity index (χ4n) is 1.60. The van der Waals surface area contributed by atoms with Crippen molar-refractivity contribution in [2.24, 2.45) is 5.92 Å². The Balaban J connectivity index is 2.67. The molecule has 1 rings (SSSR count). The summed E-state index contributed by atoms with van der Waals surface area (Å²) >= 11 is 0. The zero-order chi connectivity index (χ0) is 10.8. The number of hydrogen-bond donors (Lipinski definition) is 1. The third kappa shape index (κ3) is 2.56. The van der Waals surface area contributed by atoms with Gasteiger partial charge in [-0.05, 0) is 12.3 Å². The highest BCUT2D eigenvalue weighted by molar-refractivity contribution is 7.89. The molecule has 0 aliphatic carbocycles. The van der Waals surface area contributed by atoms with E-state index < -0.39 is 10.0 Å². The summed E-state index contributed by atoms with van der Waals surface area (Å²) in [6, 6.07) is 0. The minimum atomic E-state index is -3.19. The van der Waals surface area contributed by atoms with Crippen LogP contribution in [0.2, 0.25) is 0 Å². The third-order valence-corrected chi connectivity index (χ3v) is 4.32. The molecule has 4 nitrogen and oxygen atoms in total. The predicted octanol–water partition coefficient (Wildman–Crippen LogP) is 0.205. The molecule has 1 aliphatic heterocycles. The average Bonchev–Trinajstić information content (AvgIpc) is 2.09. The average molecular weight is 219 g/mol. The molecule has 82 valence electrons. The first-order valence-corrected chi connectivity index (χ1v) is 6.35. The van der Waals surface area contributed by atoms with Crippen molar-refractivity contribution in [1.29, 1.82) is 0 Å². The lowest BCUT2D eigenvalue weighted by atomic mass is 9.99. The van der Waals surface area contributed by atoms with Gasteiger partial charge in [0.2, 0.25) is 10.0 Å². The molecule has 5 heteroatoms. The SMILES string of the molecule is C=CCS(=O)(=O)N1CCC(O)C(C)C1. The summed E-state index contributed by atoms with van der Waals surface area (Å²) < 4.78 is 24.7. The Morgan fingerprint density at radius 2 is 2.29 bits per heavy atom. The maximum absolute atomic E-state index is 11.6. The van der Waals surface area contributed by atoms with Crippen molar-refractivity contribution in [2.45, 2.75) is 19.4 Å². The lowest BCUT2D eigenvalue weighted by Gasteiger charge is -2.33. The second-order valence-corrected chi connectivity index (χ2v) is 5.77. The van der Waals surface area contributed by atoms with Gasteiger partial charge in [-0.15, -0.1) is 6.58 Å². The zero-order valence-electron chi connectivity index (χ0n) is 8.39. The van der Waals surface area contributed by atoms with Crippen LogP contribution < -0.4 is 0 Å². The van der Waals surface area contributed by atoms with Gasteiger partial charge in [0.1, 0.15) is 0 Å². The van der Waals surface area contributed by atoms with Gasteiger partial charge in [0.15, 0.2) is 0 Å². The highest BCUT2D eigenvalue weighted by Crippen LogP contribution is 2.19. The summed E-state index contributed by atoms with van der Waals surface area (Å²) in [6.07, 6.45) is 1.55. The minimum Gasteiger partial charge on any atom is -0.393 e. The van der Waals surface area contributed by atoms with Crippen molar-refractivity contribution in [2.75, 3.05) is 18.8 Å². The van der Waals surface area contributed by atoms with Crippen LogP contribution in [-0.2, 0) is 10.0 Å². The van der Waals surface area contributed by atoms with Gasteiger partial charge in [-0.1, -0.05) is 13.0 Å². The Morgan fingerprint density at radius 3 is 2.79 bits per heavy atom. The molecular weight excluding hydrogens is 202 g/mol. The van der Waals surface area contributed by atoms with E-state index in [2.05, 4.69) is 6.58 Å². The van der Waals surface area contributed by atoms with Gasteiger partial charge in [-0.2, -0.15) is 0 Å². The normalized spacial score (nSPS) is 30.1. The van der Waals surface area contributed by atoms with Crippen molar-refractivity contribution in [1.82, 2.24) is 4.31 Å². The van der Waals surface area contributed by atoms with Crippen molar-refractivity contribution < 1.29 is 13.5 Å². The fourth-order valence-corrected chi connectivity index (χ4v) is 2.96. The molecule has 1 fully saturated rings. The Hall–Kier alpha value is -0.390. The second kappa shape index (κ2) is 4.42. The van der Waals surface area contributed by atoms with Gasteiger partial charge >= 0.3 is 0 Å². The standard InChI is InChI=1S/C9H17NO3S/c1-3-6-14(12,13)10-5-4-9(11)8(2)7-10/h3,8-9,11H,1,4-7H2,2H3. The van der Waals surface area contributed by atoms with Gasteiger partial charge in [0, 0.05) is 13.1 Å². The van der Waals surface area contributed by atoms with Crippen LogP contribution in [0.3, 0.4) is 0 Å². The number of rotatable bonds is 3. The molecule has 1 N–H and O–H groups in total. The number of aliphatic hydroxyl groups is 1. The quantitative estimate of drug-likeness (QED) is 0.690. The Kier molecular flexibility index (Phi) is 3.69. The molecule has 2 atom stereocenters.